The molecule has 1 aromatic carbocycles. The van der Waals surface area contributed by atoms with Gasteiger partial charge in [0.1, 0.15) is 6.04 Å². The molecule has 0 unspecified atom stereocenters. The van der Waals surface area contributed by atoms with Gasteiger partial charge < -0.3 is 20.6 Å². The van der Waals surface area contributed by atoms with Crippen LogP contribution in [0.25, 0.3) is 0 Å². The van der Waals surface area contributed by atoms with Crippen molar-refractivity contribution >= 4 is 23.4 Å². The molecule has 1 saturated heterocycles. The summed E-state index contributed by atoms with van der Waals surface area (Å²) < 4.78 is 0. The highest BCUT2D eigenvalue weighted by atomic mass is 16.3. The van der Waals surface area contributed by atoms with E-state index in [1.165, 1.54) is 4.90 Å². The molecule has 29 heavy (non-hydrogen) atoms. The second-order valence-corrected chi connectivity index (χ2v) is 7.99. The molecule has 2 aliphatic rings. The van der Waals surface area contributed by atoms with E-state index in [1.807, 2.05) is 51.1 Å². The molecule has 0 radical (unpaired) electrons. The molecule has 1 heterocycles. The van der Waals surface area contributed by atoms with Crippen LogP contribution in [0.5, 0.6) is 0 Å². The smallest absolute Gasteiger partial charge is 0.247 e. The van der Waals surface area contributed by atoms with Crippen molar-refractivity contribution in [2.75, 3.05) is 25.5 Å². The summed E-state index contributed by atoms with van der Waals surface area (Å²) in [4.78, 5) is 40.4. The molecule has 3 amide bonds. The van der Waals surface area contributed by atoms with Gasteiger partial charge in [-0.05, 0) is 37.0 Å². The van der Waals surface area contributed by atoms with Gasteiger partial charge in [0.15, 0.2) is 0 Å². The van der Waals surface area contributed by atoms with Gasteiger partial charge in [0.05, 0.1) is 18.4 Å². The summed E-state index contributed by atoms with van der Waals surface area (Å²) >= 11 is 0. The van der Waals surface area contributed by atoms with Crippen molar-refractivity contribution in [1.29, 1.82) is 0 Å². The van der Waals surface area contributed by atoms with Gasteiger partial charge in [-0.1, -0.05) is 31.2 Å². The van der Waals surface area contributed by atoms with Crippen LogP contribution in [0.3, 0.4) is 0 Å². The van der Waals surface area contributed by atoms with Crippen LogP contribution in [0.15, 0.2) is 30.4 Å². The van der Waals surface area contributed by atoms with Crippen LogP contribution >= 0.6 is 0 Å². The largest absolute Gasteiger partial charge is 0.395 e. The van der Waals surface area contributed by atoms with Crippen molar-refractivity contribution in [2.24, 2.45) is 23.7 Å². The molecule has 7 nitrogen and oxygen atoms in total. The highest BCUT2D eigenvalue weighted by molar-refractivity contribution is 6.02. The first kappa shape index (κ1) is 21.0. The monoisotopic (exact) mass is 399 g/mol. The molecule has 1 aromatic rings. The van der Waals surface area contributed by atoms with E-state index in [9.17, 15) is 19.5 Å². The number of hydrogen-bond donors (Lipinski definition) is 3. The number of benzene rings is 1. The van der Waals surface area contributed by atoms with E-state index >= 15 is 0 Å². The van der Waals surface area contributed by atoms with E-state index in [0.717, 1.165) is 11.1 Å². The van der Waals surface area contributed by atoms with E-state index in [1.54, 1.807) is 7.05 Å². The van der Waals surface area contributed by atoms with Crippen molar-refractivity contribution in [3.8, 4) is 0 Å². The second kappa shape index (κ2) is 8.37. The topological polar surface area (TPSA) is 98.7 Å². The fraction of sp³-hybridized carbons (Fsp3) is 0.500. The zero-order chi connectivity index (χ0) is 21.3. The number of carbonyl (C=O) groups excluding carboxylic acids is 3. The number of amides is 3. The molecular formula is C22H29N3O4. The van der Waals surface area contributed by atoms with E-state index in [-0.39, 0.29) is 36.8 Å². The molecule has 1 aliphatic heterocycles. The van der Waals surface area contributed by atoms with Gasteiger partial charge in [-0.25, -0.2) is 0 Å². The Hall–Kier alpha value is -2.67. The van der Waals surface area contributed by atoms with Gasteiger partial charge >= 0.3 is 0 Å². The molecule has 3 rings (SSSR count). The van der Waals surface area contributed by atoms with Crippen LogP contribution in [0.2, 0.25) is 0 Å². The molecule has 0 aromatic heterocycles. The summed E-state index contributed by atoms with van der Waals surface area (Å²) in [5.41, 5.74) is 2.64. The Morgan fingerprint density at radius 1 is 1.17 bits per heavy atom. The third kappa shape index (κ3) is 3.79. The number of β-amino-alcohol motifs (C(OH)–C–C–N with tert-alkyl or cyclic N) is 1. The van der Waals surface area contributed by atoms with Gasteiger partial charge in [-0.3, -0.25) is 14.4 Å². The number of hydrogen-bond acceptors (Lipinski definition) is 4. The normalized spacial score (nSPS) is 28.2. The number of carbonyl (C=O) groups is 3. The van der Waals surface area contributed by atoms with Crippen LogP contribution < -0.4 is 10.6 Å². The van der Waals surface area contributed by atoms with Crippen molar-refractivity contribution < 1.29 is 19.5 Å². The number of anilines is 1. The fourth-order valence-corrected chi connectivity index (χ4v) is 4.58. The van der Waals surface area contributed by atoms with Crippen molar-refractivity contribution in [3.63, 3.8) is 0 Å². The maximum atomic E-state index is 13.3. The third-order valence-corrected chi connectivity index (χ3v) is 6.08. The Morgan fingerprint density at radius 2 is 1.90 bits per heavy atom. The molecule has 3 N–H and O–H groups in total. The van der Waals surface area contributed by atoms with Crippen LogP contribution in [0.4, 0.5) is 5.69 Å². The molecule has 7 heteroatoms. The predicted octanol–water partition coefficient (Wildman–Crippen LogP) is 1.25. The zero-order valence-electron chi connectivity index (χ0n) is 17.3. The fourth-order valence-electron chi connectivity index (χ4n) is 4.58. The summed E-state index contributed by atoms with van der Waals surface area (Å²) in [6.07, 6.45) is 3.80. The summed E-state index contributed by atoms with van der Waals surface area (Å²) in [5.74, 6) is -2.45. The Bertz CT molecular complexity index is 850. The lowest BCUT2D eigenvalue weighted by molar-refractivity contribution is -0.140. The number of nitrogens with zero attached hydrogens (tertiary/aromatic N) is 1. The van der Waals surface area contributed by atoms with E-state index in [0.29, 0.717) is 5.69 Å². The van der Waals surface area contributed by atoms with E-state index in [4.69, 9.17) is 0 Å². The minimum Gasteiger partial charge on any atom is -0.395 e. The van der Waals surface area contributed by atoms with E-state index in [2.05, 4.69) is 10.6 Å². The molecule has 0 spiro atoms. The molecule has 5 atom stereocenters. The Morgan fingerprint density at radius 3 is 2.55 bits per heavy atom. The highest BCUT2D eigenvalue weighted by Gasteiger charge is 2.56. The minimum atomic E-state index is -0.768. The number of nitrogens with one attached hydrogen (secondary N) is 2. The van der Waals surface area contributed by atoms with Crippen molar-refractivity contribution in [1.82, 2.24) is 10.2 Å². The standard InChI is InChI=1S/C22H29N3O4/c1-12-5-6-13(2)16(11-12)24-21(28)19-15-8-7-14(3)17(20(27)23-4)18(15)22(29)25(19)9-10-26/h5-8,11,14-15,17-19,26H,9-10H2,1-4H3,(H,23,27)(H,24,28)/t14-,15+,17-,18+,19+/m1/s1. The molecule has 156 valence electrons. The highest BCUT2D eigenvalue weighted by Crippen LogP contribution is 2.44. The van der Waals surface area contributed by atoms with Gasteiger partial charge in [-0.2, -0.15) is 0 Å². The first-order chi connectivity index (χ1) is 13.8. The van der Waals surface area contributed by atoms with Gasteiger partial charge in [0, 0.05) is 25.2 Å². The van der Waals surface area contributed by atoms with Crippen LogP contribution in [0, 0.1) is 37.5 Å². The first-order valence-corrected chi connectivity index (χ1v) is 9.99. The van der Waals surface area contributed by atoms with Gasteiger partial charge in [-0.15, -0.1) is 0 Å². The van der Waals surface area contributed by atoms with Crippen molar-refractivity contribution in [2.45, 2.75) is 26.8 Å². The number of aliphatic hydroxyl groups excluding tert-OH is 1. The maximum absolute atomic E-state index is 13.3. The molecule has 0 bridgehead atoms. The first-order valence-electron chi connectivity index (χ1n) is 9.99. The number of allylic oxidation sites excluding steroid dienone is 1. The van der Waals surface area contributed by atoms with Crippen LogP contribution in [0.1, 0.15) is 18.1 Å². The zero-order valence-corrected chi connectivity index (χ0v) is 17.3. The Kier molecular flexibility index (Phi) is 6.07. The van der Waals surface area contributed by atoms with Crippen LogP contribution in [-0.4, -0.2) is 54.0 Å². The summed E-state index contributed by atoms with van der Waals surface area (Å²) in [5, 5.41) is 15.1. The molecule has 1 fully saturated rings. The van der Waals surface area contributed by atoms with Crippen LogP contribution in [-0.2, 0) is 14.4 Å². The third-order valence-electron chi connectivity index (χ3n) is 6.08. The summed E-state index contributed by atoms with van der Waals surface area (Å²) in [7, 11) is 1.55. The number of aryl methyl sites for hydroxylation is 2. The lowest BCUT2D eigenvalue weighted by Crippen LogP contribution is -2.45. The lowest BCUT2D eigenvalue weighted by Gasteiger charge is -2.32. The number of likely N-dealkylation sites (tertiary alicyclic amines) is 1. The molecule has 0 saturated carbocycles. The van der Waals surface area contributed by atoms with Gasteiger partial charge in [0.2, 0.25) is 17.7 Å². The van der Waals surface area contributed by atoms with Gasteiger partial charge in [0.25, 0.3) is 0 Å². The number of aliphatic hydroxyl groups is 1. The quantitative estimate of drug-likeness (QED) is 0.649. The lowest BCUT2D eigenvalue weighted by atomic mass is 9.70. The number of rotatable bonds is 5. The van der Waals surface area contributed by atoms with Crippen molar-refractivity contribution in [3.05, 3.63) is 41.5 Å². The molecular weight excluding hydrogens is 370 g/mol. The predicted molar refractivity (Wildman–Crippen MR) is 110 cm³/mol. The minimum absolute atomic E-state index is 0.0550. The maximum Gasteiger partial charge on any atom is 0.247 e. The SMILES string of the molecule is CNC(=O)[C@H]1[C@H]2C(=O)N(CCO)[C@H](C(=O)Nc3cc(C)ccc3C)[C@H]2C=C[C@H]1C. The Labute approximate surface area is 171 Å². The average molecular weight is 399 g/mol. The summed E-state index contributed by atoms with van der Waals surface area (Å²) in [6, 6.07) is 5.03. The Balaban J connectivity index is 1.96. The summed E-state index contributed by atoms with van der Waals surface area (Å²) in [6.45, 7) is 5.57. The molecule has 1 aliphatic carbocycles. The second-order valence-electron chi connectivity index (χ2n) is 7.99. The average Bonchev–Trinajstić information content (AvgIpc) is 2.96. The number of fused-ring (bicyclic) bond motifs is 1. The van der Waals surface area contributed by atoms with E-state index < -0.39 is 23.8 Å².